The number of hydrogen-bond donors (Lipinski definition) is 1. The maximum atomic E-state index is 12.6. The normalized spacial score (nSPS) is 21.5. The molecule has 20 heavy (non-hydrogen) atoms. The van der Waals surface area contributed by atoms with E-state index in [1.165, 1.54) is 4.31 Å². The summed E-state index contributed by atoms with van der Waals surface area (Å²) in [6.07, 6.45) is 3.66. The lowest BCUT2D eigenvalue weighted by Gasteiger charge is -2.34. The second kappa shape index (κ2) is 6.24. The van der Waals surface area contributed by atoms with Crippen molar-refractivity contribution >= 4 is 10.2 Å². The molecule has 0 aromatic carbocycles. The van der Waals surface area contributed by atoms with Crippen LogP contribution in [0.25, 0.3) is 0 Å². The second-order valence-corrected chi connectivity index (χ2v) is 7.17. The number of piperidine rings is 1. The number of aromatic nitrogens is 2. The van der Waals surface area contributed by atoms with Crippen molar-refractivity contribution in [2.24, 2.45) is 0 Å². The van der Waals surface area contributed by atoms with Crippen LogP contribution in [0, 0.1) is 6.92 Å². The number of hydrogen-bond acceptors (Lipinski definition) is 3. The summed E-state index contributed by atoms with van der Waals surface area (Å²) in [7, 11) is -3.33. The molecular formula is C13H24N4O2S. The number of aromatic amines is 1. The molecule has 114 valence electrons. The van der Waals surface area contributed by atoms with Gasteiger partial charge in [0.15, 0.2) is 0 Å². The molecule has 1 N–H and O–H groups in total. The molecule has 1 aliphatic rings. The van der Waals surface area contributed by atoms with Gasteiger partial charge in [0.05, 0.1) is 0 Å². The predicted octanol–water partition coefficient (Wildman–Crippen LogP) is 1.48. The minimum Gasteiger partial charge on any atom is -0.346 e. The molecule has 7 heteroatoms. The van der Waals surface area contributed by atoms with Gasteiger partial charge in [-0.15, -0.1) is 0 Å². The van der Waals surface area contributed by atoms with Crippen molar-refractivity contribution in [2.75, 3.05) is 26.2 Å². The van der Waals surface area contributed by atoms with Crippen molar-refractivity contribution < 1.29 is 8.42 Å². The fraction of sp³-hybridized carbons (Fsp3) is 0.769. The molecule has 2 rings (SSSR count). The maximum absolute atomic E-state index is 12.6. The van der Waals surface area contributed by atoms with Crippen molar-refractivity contribution in [1.29, 1.82) is 0 Å². The summed E-state index contributed by atoms with van der Waals surface area (Å²) in [5.74, 6) is 1.07. The van der Waals surface area contributed by atoms with E-state index >= 15 is 0 Å². The number of nitrogens with one attached hydrogen (secondary N) is 1. The molecule has 1 aliphatic heterocycles. The fourth-order valence-electron chi connectivity index (χ4n) is 2.73. The van der Waals surface area contributed by atoms with E-state index in [0.717, 1.165) is 24.4 Å². The second-order valence-electron chi connectivity index (χ2n) is 5.24. The molecule has 0 aliphatic carbocycles. The number of H-pyrrole nitrogens is 1. The Morgan fingerprint density at radius 3 is 2.70 bits per heavy atom. The Kier molecular flexibility index (Phi) is 4.82. The average Bonchev–Trinajstić information content (AvgIpc) is 2.87. The SMILES string of the molecule is CCN(CC)S(=O)(=O)N1CCC[C@H](c2ncc(C)[nH]2)C1. The first-order valence-corrected chi connectivity index (χ1v) is 8.65. The third-order valence-electron chi connectivity index (χ3n) is 3.85. The van der Waals surface area contributed by atoms with Crippen LogP contribution in [-0.2, 0) is 10.2 Å². The highest BCUT2D eigenvalue weighted by atomic mass is 32.2. The highest BCUT2D eigenvalue weighted by Crippen LogP contribution is 2.27. The number of nitrogens with zero attached hydrogens (tertiary/aromatic N) is 3. The van der Waals surface area contributed by atoms with Gasteiger partial charge in [-0.2, -0.15) is 17.0 Å². The van der Waals surface area contributed by atoms with E-state index in [2.05, 4.69) is 9.97 Å². The maximum Gasteiger partial charge on any atom is 0.281 e. The Labute approximate surface area is 121 Å². The van der Waals surface area contributed by atoms with Gasteiger partial charge in [0, 0.05) is 44.0 Å². The van der Waals surface area contributed by atoms with Crippen LogP contribution < -0.4 is 0 Å². The lowest BCUT2D eigenvalue weighted by molar-refractivity contribution is 0.283. The van der Waals surface area contributed by atoms with Gasteiger partial charge in [0.1, 0.15) is 5.82 Å². The van der Waals surface area contributed by atoms with Crippen molar-refractivity contribution in [3.63, 3.8) is 0 Å². The molecule has 0 amide bonds. The van der Waals surface area contributed by atoms with Crippen molar-refractivity contribution in [1.82, 2.24) is 18.6 Å². The zero-order valence-corrected chi connectivity index (χ0v) is 13.3. The van der Waals surface area contributed by atoms with E-state index in [9.17, 15) is 8.42 Å². The van der Waals surface area contributed by atoms with Crippen LogP contribution in [0.5, 0.6) is 0 Å². The molecule has 1 aromatic rings. The van der Waals surface area contributed by atoms with Crippen molar-refractivity contribution in [3.05, 3.63) is 17.7 Å². The Hall–Kier alpha value is -0.920. The van der Waals surface area contributed by atoms with E-state index in [0.29, 0.717) is 26.2 Å². The summed E-state index contributed by atoms with van der Waals surface area (Å²) in [5, 5.41) is 0. The first-order valence-electron chi connectivity index (χ1n) is 7.25. The van der Waals surface area contributed by atoms with Crippen LogP contribution in [-0.4, -0.2) is 53.2 Å². The number of rotatable bonds is 5. The number of aryl methyl sites for hydroxylation is 1. The minimum atomic E-state index is -3.33. The smallest absolute Gasteiger partial charge is 0.281 e. The largest absolute Gasteiger partial charge is 0.346 e. The van der Waals surface area contributed by atoms with Crippen LogP contribution in [0.3, 0.4) is 0 Å². The summed E-state index contributed by atoms with van der Waals surface area (Å²) in [6, 6.07) is 0. The lowest BCUT2D eigenvalue weighted by atomic mass is 9.99. The van der Waals surface area contributed by atoms with E-state index in [1.54, 1.807) is 10.5 Å². The standard InChI is InChI=1S/C13H24N4O2S/c1-4-16(5-2)20(18,19)17-8-6-7-12(10-17)13-14-9-11(3)15-13/h9,12H,4-8,10H2,1-3H3,(H,14,15)/t12-/m0/s1. The van der Waals surface area contributed by atoms with Gasteiger partial charge in [-0.1, -0.05) is 13.8 Å². The van der Waals surface area contributed by atoms with Gasteiger partial charge in [0.2, 0.25) is 0 Å². The molecular weight excluding hydrogens is 276 g/mol. The molecule has 0 saturated carbocycles. The Morgan fingerprint density at radius 1 is 1.45 bits per heavy atom. The van der Waals surface area contributed by atoms with Gasteiger partial charge >= 0.3 is 0 Å². The van der Waals surface area contributed by atoms with E-state index < -0.39 is 10.2 Å². The van der Waals surface area contributed by atoms with Crippen molar-refractivity contribution in [2.45, 2.75) is 39.5 Å². The molecule has 1 atom stereocenters. The van der Waals surface area contributed by atoms with Gasteiger partial charge in [-0.05, 0) is 19.8 Å². The Bertz CT molecular complexity index is 536. The van der Waals surface area contributed by atoms with E-state index in [1.807, 2.05) is 20.8 Å². The van der Waals surface area contributed by atoms with E-state index in [-0.39, 0.29) is 5.92 Å². The molecule has 0 radical (unpaired) electrons. The predicted molar refractivity (Wildman–Crippen MR) is 78.7 cm³/mol. The monoisotopic (exact) mass is 300 g/mol. The number of imidazole rings is 1. The third kappa shape index (κ3) is 3.05. The molecule has 0 unspecified atom stereocenters. The van der Waals surface area contributed by atoms with Crippen LogP contribution in [0.2, 0.25) is 0 Å². The van der Waals surface area contributed by atoms with Crippen LogP contribution >= 0.6 is 0 Å². The summed E-state index contributed by atoms with van der Waals surface area (Å²) in [6.45, 7) is 7.86. The summed E-state index contributed by atoms with van der Waals surface area (Å²) in [5.41, 5.74) is 1.02. The molecule has 1 aromatic heterocycles. The van der Waals surface area contributed by atoms with Gasteiger partial charge in [-0.3, -0.25) is 0 Å². The van der Waals surface area contributed by atoms with Crippen LogP contribution in [0.4, 0.5) is 0 Å². The van der Waals surface area contributed by atoms with Crippen LogP contribution in [0.1, 0.15) is 44.1 Å². The molecule has 6 nitrogen and oxygen atoms in total. The topological polar surface area (TPSA) is 69.3 Å². The summed E-state index contributed by atoms with van der Waals surface area (Å²) >= 11 is 0. The van der Waals surface area contributed by atoms with Crippen molar-refractivity contribution in [3.8, 4) is 0 Å². The highest BCUT2D eigenvalue weighted by Gasteiger charge is 2.33. The zero-order valence-electron chi connectivity index (χ0n) is 12.5. The van der Waals surface area contributed by atoms with E-state index in [4.69, 9.17) is 0 Å². The third-order valence-corrected chi connectivity index (χ3v) is 6.00. The minimum absolute atomic E-state index is 0.169. The quantitative estimate of drug-likeness (QED) is 0.895. The highest BCUT2D eigenvalue weighted by molar-refractivity contribution is 7.86. The molecule has 0 bridgehead atoms. The Morgan fingerprint density at radius 2 is 2.15 bits per heavy atom. The molecule has 2 heterocycles. The summed E-state index contributed by atoms with van der Waals surface area (Å²) < 4.78 is 28.2. The zero-order chi connectivity index (χ0) is 14.8. The summed E-state index contributed by atoms with van der Waals surface area (Å²) in [4.78, 5) is 7.58. The first kappa shape index (κ1) is 15.5. The van der Waals surface area contributed by atoms with Gasteiger partial charge in [-0.25, -0.2) is 4.98 Å². The lowest BCUT2D eigenvalue weighted by Crippen LogP contribution is -2.47. The first-order chi connectivity index (χ1) is 9.48. The molecule has 1 saturated heterocycles. The fourth-order valence-corrected chi connectivity index (χ4v) is 4.44. The average molecular weight is 300 g/mol. The van der Waals surface area contributed by atoms with Gasteiger partial charge in [0.25, 0.3) is 10.2 Å². The molecule has 1 fully saturated rings. The molecule has 0 spiro atoms. The Balaban J connectivity index is 2.14. The van der Waals surface area contributed by atoms with Crippen LogP contribution in [0.15, 0.2) is 6.20 Å². The van der Waals surface area contributed by atoms with Gasteiger partial charge < -0.3 is 4.98 Å².